The van der Waals surface area contributed by atoms with Crippen LogP contribution in [0.2, 0.25) is 0 Å². The van der Waals surface area contributed by atoms with Crippen LogP contribution in [-0.4, -0.2) is 9.97 Å². The van der Waals surface area contributed by atoms with Crippen molar-refractivity contribution in [3.63, 3.8) is 0 Å². The molecule has 2 rings (SSSR count). The molecule has 0 saturated heterocycles. The molecule has 3 nitrogen and oxygen atoms in total. The monoisotopic (exact) mass is 243 g/mol. The molecule has 0 amide bonds. The molecule has 0 atom stereocenters. The van der Waals surface area contributed by atoms with Crippen molar-refractivity contribution in [2.75, 3.05) is 5.32 Å². The Balaban J connectivity index is 2.21. The van der Waals surface area contributed by atoms with Gasteiger partial charge in [-0.05, 0) is 31.2 Å². The van der Waals surface area contributed by atoms with Crippen LogP contribution in [0.15, 0.2) is 42.5 Å². The van der Waals surface area contributed by atoms with E-state index >= 15 is 0 Å². The molecule has 0 spiro atoms. The highest BCUT2D eigenvalue weighted by Crippen LogP contribution is 2.15. The van der Waals surface area contributed by atoms with E-state index in [2.05, 4.69) is 17.2 Å². The highest BCUT2D eigenvalue weighted by atomic mass is 32.1. The highest BCUT2D eigenvalue weighted by Gasteiger charge is 2.00. The summed E-state index contributed by atoms with van der Waals surface area (Å²) in [7, 11) is 0. The van der Waals surface area contributed by atoms with E-state index in [-0.39, 0.29) is 0 Å². The van der Waals surface area contributed by atoms with Gasteiger partial charge in [-0.15, -0.1) is 0 Å². The van der Waals surface area contributed by atoms with Crippen LogP contribution in [0, 0.1) is 6.92 Å². The van der Waals surface area contributed by atoms with Crippen LogP contribution in [0.25, 0.3) is 0 Å². The predicted molar refractivity (Wildman–Crippen MR) is 74.6 cm³/mol. The van der Waals surface area contributed by atoms with Crippen LogP contribution < -0.4 is 11.1 Å². The fourth-order valence-corrected chi connectivity index (χ4v) is 1.54. The number of hydrogen-bond donors (Lipinski definition) is 2. The summed E-state index contributed by atoms with van der Waals surface area (Å²) in [4.78, 5) is 4.62. The third kappa shape index (κ3) is 3.01. The van der Waals surface area contributed by atoms with Crippen LogP contribution in [0.4, 0.5) is 11.5 Å². The average molecular weight is 243 g/mol. The highest BCUT2D eigenvalue weighted by molar-refractivity contribution is 7.80. The summed E-state index contributed by atoms with van der Waals surface area (Å²) >= 11 is 4.89. The molecule has 1 heterocycles. The van der Waals surface area contributed by atoms with Crippen molar-refractivity contribution < 1.29 is 0 Å². The minimum Gasteiger partial charge on any atom is -0.388 e. The zero-order chi connectivity index (χ0) is 12.3. The number of aryl methyl sites for hydroxylation is 1. The number of nitrogens with two attached hydrogens (primary N) is 1. The molecule has 0 aliphatic rings. The van der Waals surface area contributed by atoms with Gasteiger partial charge < -0.3 is 11.1 Å². The maximum atomic E-state index is 5.54. The number of benzene rings is 1. The Labute approximate surface area is 106 Å². The van der Waals surface area contributed by atoms with Gasteiger partial charge in [0.2, 0.25) is 0 Å². The molecule has 17 heavy (non-hydrogen) atoms. The zero-order valence-electron chi connectivity index (χ0n) is 9.47. The van der Waals surface area contributed by atoms with Gasteiger partial charge in [-0.3, -0.25) is 0 Å². The fourth-order valence-electron chi connectivity index (χ4n) is 1.43. The second-order valence-corrected chi connectivity index (χ2v) is 4.20. The summed E-state index contributed by atoms with van der Waals surface area (Å²) in [6.45, 7) is 2.05. The van der Waals surface area contributed by atoms with Crippen LogP contribution >= 0.6 is 12.2 Å². The fraction of sp³-hybridized carbons (Fsp3) is 0.0769. The lowest BCUT2D eigenvalue weighted by Gasteiger charge is -2.07. The van der Waals surface area contributed by atoms with Crippen molar-refractivity contribution in [2.45, 2.75) is 6.92 Å². The van der Waals surface area contributed by atoms with Gasteiger partial charge in [-0.2, -0.15) is 0 Å². The maximum Gasteiger partial charge on any atom is 0.131 e. The molecule has 0 radical (unpaired) electrons. The first-order valence-electron chi connectivity index (χ1n) is 5.26. The SMILES string of the molecule is Cc1ccc(Nc2cccc(C(N)=S)n2)cc1. The van der Waals surface area contributed by atoms with E-state index in [9.17, 15) is 0 Å². The smallest absolute Gasteiger partial charge is 0.131 e. The number of anilines is 2. The van der Waals surface area contributed by atoms with Crippen LogP contribution in [0.3, 0.4) is 0 Å². The quantitative estimate of drug-likeness (QED) is 0.814. The Morgan fingerprint density at radius 2 is 1.88 bits per heavy atom. The lowest BCUT2D eigenvalue weighted by molar-refractivity contribution is 1.28. The topological polar surface area (TPSA) is 50.9 Å². The number of rotatable bonds is 3. The second-order valence-electron chi connectivity index (χ2n) is 3.76. The lowest BCUT2D eigenvalue weighted by Crippen LogP contribution is -2.12. The third-order valence-corrected chi connectivity index (χ3v) is 2.53. The Morgan fingerprint density at radius 3 is 2.53 bits per heavy atom. The first-order chi connectivity index (χ1) is 8.15. The molecule has 86 valence electrons. The van der Waals surface area contributed by atoms with Crippen LogP contribution in [0.5, 0.6) is 0 Å². The lowest BCUT2D eigenvalue weighted by atomic mass is 10.2. The largest absolute Gasteiger partial charge is 0.388 e. The van der Waals surface area contributed by atoms with Gasteiger partial charge in [-0.1, -0.05) is 36.0 Å². The Kier molecular flexibility index (Phi) is 3.35. The summed E-state index contributed by atoms with van der Waals surface area (Å²) in [5, 5.41) is 3.20. The summed E-state index contributed by atoms with van der Waals surface area (Å²) < 4.78 is 0. The molecule has 0 aliphatic heterocycles. The molecule has 0 fully saturated rings. The van der Waals surface area contributed by atoms with Crippen molar-refractivity contribution in [2.24, 2.45) is 5.73 Å². The molecule has 0 saturated carbocycles. The average Bonchev–Trinajstić information content (AvgIpc) is 2.32. The molecule has 3 N–H and O–H groups in total. The minimum atomic E-state index is 0.303. The third-order valence-electron chi connectivity index (χ3n) is 2.33. The molecule has 0 unspecified atom stereocenters. The Bertz CT molecular complexity index is 535. The first-order valence-corrected chi connectivity index (χ1v) is 5.66. The van der Waals surface area contributed by atoms with Gasteiger partial charge in [0.1, 0.15) is 10.8 Å². The summed E-state index contributed by atoms with van der Waals surface area (Å²) in [5.41, 5.74) is 8.37. The number of nitrogens with one attached hydrogen (secondary N) is 1. The number of hydrogen-bond acceptors (Lipinski definition) is 3. The molecule has 4 heteroatoms. The number of thiocarbonyl (C=S) groups is 1. The summed E-state index contributed by atoms with van der Waals surface area (Å²) in [5.74, 6) is 0.735. The predicted octanol–water partition coefficient (Wildman–Crippen LogP) is 2.77. The van der Waals surface area contributed by atoms with E-state index in [0.717, 1.165) is 11.5 Å². The van der Waals surface area contributed by atoms with Crippen LogP contribution in [-0.2, 0) is 0 Å². The molecular weight excluding hydrogens is 230 g/mol. The molecule has 0 aliphatic carbocycles. The minimum absolute atomic E-state index is 0.303. The van der Waals surface area contributed by atoms with E-state index in [1.165, 1.54) is 5.56 Å². The van der Waals surface area contributed by atoms with Gasteiger partial charge in [0, 0.05) is 5.69 Å². The molecule has 0 bridgehead atoms. The number of nitrogens with zero attached hydrogens (tertiary/aromatic N) is 1. The Hall–Kier alpha value is -1.94. The zero-order valence-corrected chi connectivity index (χ0v) is 10.3. The van der Waals surface area contributed by atoms with Crippen molar-refractivity contribution in [3.8, 4) is 0 Å². The second kappa shape index (κ2) is 4.93. The van der Waals surface area contributed by atoms with Gasteiger partial charge in [0.25, 0.3) is 0 Å². The van der Waals surface area contributed by atoms with E-state index < -0.39 is 0 Å². The van der Waals surface area contributed by atoms with Gasteiger partial charge >= 0.3 is 0 Å². The number of pyridine rings is 1. The van der Waals surface area contributed by atoms with Crippen molar-refractivity contribution in [1.82, 2.24) is 4.98 Å². The van der Waals surface area contributed by atoms with Crippen LogP contribution in [0.1, 0.15) is 11.3 Å². The molecule has 2 aromatic rings. The standard InChI is InChI=1S/C13H13N3S/c1-9-5-7-10(8-6-9)15-12-4-2-3-11(16-12)13(14)17/h2-8H,1H3,(H2,14,17)(H,15,16). The molecular formula is C13H13N3S. The van der Waals surface area contributed by atoms with E-state index in [1.54, 1.807) is 6.07 Å². The Morgan fingerprint density at radius 1 is 1.18 bits per heavy atom. The summed E-state index contributed by atoms with van der Waals surface area (Å²) in [6.07, 6.45) is 0. The maximum absolute atomic E-state index is 5.54. The number of aromatic nitrogens is 1. The van der Waals surface area contributed by atoms with Gasteiger partial charge in [-0.25, -0.2) is 4.98 Å². The van der Waals surface area contributed by atoms with Crippen molar-refractivity contribution in [1.29, 1.82) is 0 Å². The molecule has 1 aromatic heterocycles. The van der Waals surface area contributed by atoms with E-state index in [0.29, 0.717) is 10.7 Å². The normalized spacial score (nSPS) is 9.94. The van der Waals surface area contributed by atoms with Gasteiger partial charge in [0.15, 0.2) is 0 Å². The molecule has 1 aromatic carbocycles. The van der Waals surface area contributed by atoms with E-state index in [4.69, 9.17) is 18.0 Å². The van der Waals surface area contributed by atoms with Gasteiger partial charge in [0.05, 0.1) is 5.69 Å². The van der Waals surface area contributed by atoms with Crippen molar-refractivity contribution >= 4 is 28.7 Å². The van der Waals surface area contributed by atoms with Crippen molar-refractivity contribution in [3.05, 3.63) is 53.7 Å². The summed E-state index contributed by atoms with van der Waals surface area (Å²) in [6, 6.07) is 13.6. The first kappa shape index (κ1) is 11.5. The van der Waals surface area contributed by atoms with E-state index in [1.807, 2.05) is 36.4 Å².